The highest BCUT2D eigenvalue weighted by molar-refractivity contribution is 9.10. The Labute approximate surface area is 87.3 Å². The molecule has 0 heterocycles. The number of rotatable bonds is 2. The summed E-state index contributed by atoms with van der Waals surface area (Å²) in [5.41, 5.74) is 8.60. The molecule has 0 aliphatic heterocycles. The lowest BCUT2D eigenvalue weighted by Crippen LogP contribution is -1.88. The highest BCUT2D eigenvalue weighted by atomic mass is 79.9. The number of nitrogens with zero attached hydrogens (tertiary/aromatic N) is 3. The highest BCUT2D eigenvalue weighted by Gasteiger charge is 2.07. The zero-order valence-electron chi connectivity index (χ0n) is 6.24. The molecule has 0 unspecified atom stereocenters. The largest absolute Gasteiger partial charge is 0.276 e. The summed E-state index contributed by atoms with van der Waals surface area (Å²) in [6.45, 7) is 0. The lowest BCUT2D eigenvalue weighted by Gasteiger charge is -1.99. The number of benzene rings is 1. The van der Waals surface area contributed by atoms with Gasteiger partial charge in [-0.2, -0.15) is 0 Å². The molecular weight excluding hydrogens is 257 g/mol. The van der Waals surface area contributed by atoms with Crippen molar-refractivity contribution in [2.24, 2.45) is 5.11 Å². The standard InChI is InChI=1S/C7H3BrClN3O/c8-4-1-2-6(11-12-10)5(3-4)7(9)13/h1-3H. The van der Waals surface area contributed by atoms with Crippen LogP contribution in [0.5, 0.6) is 0 Å². The molecule has 0 aromatic heterocycles. The summed E-state index contributed by atoms with van der Waals surface area (Å²) in [6, 6.07) is 4.67. The van der Waals surface area contributed by atoms with E-state index in [-0.39, 0.29) is 11.3 Å². The zero-order chi connectivity index (χ0) is 9.84. The quantitative estimate of drug-likeness (QED) is 0.345. The third-order valence-corrected chi connectivity index (χ3v) is 2.02. The average molecular weight is 260 g/mol. The number of halogens is 2. The van der Waals surface area contributed by atoms with E-state index in [9.17, 15) is 4.79 Å². The first-order valence-electron chi connectivity index (χ1n) is 3.19. The fourth-order valence-electron chi connectivity index (χ4n) is 0.801. The van der Waals surface area contributed by atoms with E-state index in [4.69, 9.17) is 17.1 Å². The van der Waals surface area contributed by atoms with Gasteiger partial charge in [-0.05, 0) is 29.3 Å². The van der Waals surface area contributed by atoms with Crippen LogP contribution >= 0.6 is 27.5 Å². The van der Waals surface area contributed by atoms with Crippen LogP contribution in [0.25, 0.3) is 10.4 Å². The van der Waals surface area contributed by atoms with Gasteiger partial charge in [-0.15, -0.1) is 0 Å². The summed E-state index contributed by atoms with van der Waals surface area (Å²) in [7, 11) is 0. The second-order valence-electron chi connectivity index (χ2n) is 2.12. The topological polar surface area (TPSA) is 65.8 Å². The number of hydrogen-bond acceptors (Lipinski definition) is 2. The first kappa shape index (κ1) is 10.1. The van der Waals surface area contributed by atoms with Gasteiger partial charge in [0.2, 0.25) is 0 Å². The molecule has 0 saturated heterocycles. The first-order valence-corrected chi connectivity index (χ1v) is 4.36. The molecule has 6 heteroatoms. The average Bonchev–Trinajstić information content (AvgIpc) is 2.08. The normalized spacial score (nSPS) is 9.08. The van der Waals surface area contributed by atoms with E-state index in [1.807, 2.05) is 0 Å². The van der Waals surface area contributed by atoms with Crippen LogP contribution in [0.1, 0.15) is 10.4 Å². The lowest BCUT2D eigenvalue weighted by atomic mass is 10.2. The van der Waals surface area contributed by atoms with Gasteiger partial charge in [-0.1, -0.05) is 27.1 Å². The molecule has 13 heavy (non-hydrogen) atoms. The van der Waals surface area contributed by atoms with Crippen LogP contribution in [-0.4, -0.2) is 5.24 Å². The van der Waals surface area contributed by atoms with Crippen molar-refractivity contribution in [1.82, 2.24) is 0 Å². The van der Waals surface area contributed by atoms with Crippen molar-refractivity contribution in [2.45, 2.75) is 0 Å². The molecule has 1 rings (SSSR count). The van der Waals surface area contributed by atoms with Gasteiger partial charge in [0.1, 0.15) is 0 Å². The fraction of sp³-hybridized carbons (Fsp3) is 0. The predicted octanol–water partition coefficient (Wildman–Crippen LogP) is 3.77. The maximum absolute atomic E-state index is 10.9. The van der Waals surface area contributed by atoms with Crippen LogP contribution in [0.4, 0.5) is 5.69 Å². The monoisotopic (exact) mass is 259 g/mol. The Bertz CT molecular complexity index is 401. The van der Waals surface area contributed by atoms with Gasteiger partial charge in [0.15, 0.2) is 0 Å². The van der Waals surface area contributed by atoms with E-state index in [0.717, 1.165) is 0 Å². The maximum atomic E-state index is 10.9. The molecular formula is C7H3BrClN3O. The molecule has 0 aliphatic rings. The van der Waals surface area contributed by atoms with Gasteiger partial charge in [0.05, 0.1) is 0 Å². The minimum absolute atomic E-state index is 0.189. The number of carbonyl (C=O) groups is 1. The molecule has 0 radical (unpaired) electrons. The van der Waals surface area contributed by atoms with Crippen molar-refractivity contribution in [3.8, 4) is 0 Å². The van der Waals surface area contributed by atoms with Gasteiger partial charge in [-0.3, -0.25) is 4.79 Å². The third-order valence-electron chi connectivity index (χ3n) is 1.32. The maximum Gasteiger partial charge on any atom is 0.252 e. The van der Waals surface area contributed by atoms with Gasteiger partial charge in [0.25, 0.3) is 5.24 Å². The molecule has 0 spiro atoms. The Balaban J connectivity index is 3.34. The van der Waals surface area contributed by atoms with Crippen molar-refractivity contribution in [2.75, 3.05) is 0 Å². The van der Waals surface area contributed by atoms with E-state index in [1.165, 1.54) is 12.1 Å². The van der Waals surface area contributed by atoms with E-state index in [0.29, 0.717) is 4.47 Å². The van der Waals surface area contributed by atoms with Crippen LogP contribution < -0.4 is 0 Å². The van der Waals surface area contributed by atoms with Gasteiger partial charge < -0.3 is 0 Å². The SMILES string of the molecule is [N-]=[N+]=Nc1ccc(Br)cc1C(=O)Cl. The van der Waals surface area contributed by atoms with E-state index in [1.54, 1.807) is 6.07 Å². The third kappa shape index (κ3) is 2.45. The van der Waals surface area contributed by atoms with Crippen molar-refractivity contribution >= 4 is 38.5 Å². The van der Waals surface area contributed by atoms with Crippen LogP contribution in [-0.2, 0) is 0 Å². The van der Waals surface area contributed by atoms with Crippen molar-refractivity contribution in [3.63, 3.8) is 0 Å². The minimum Gasteiger partial charge on any atom is -0.276 e. The van der Waals surface area contributed by atoms with E-state index in [2.05, 4.69) is 26.0 Å². The Morgan fingerprint density at radius 1 is 1.62 bits per heavy atom. The van der Waals surface area contributed by atoms with Gasteiger partial charge in [-0.25, -0.2) is 0 Å². The number of carbonyl (C=O) groups excluding carboxylic acids is 1. The molecule has 66 valence electrons. The zero-order valence-corrected chi connectivity index (χ0v) is 8.58. The van der Waals surface area contributed by atoms with Crippen molar-refractivity contribution < 1.29 is 4.79 Å². The fourth-order valence-corrected chi connectivity index (χ4v) is 1.31. The Hall–Kier alpha value is -1.03. The summed E-state index contributed by atoms with van der Waals surface area (Å²) in [6.07, 6.45) is 0. The number of hydrogen-bond donors (Lipinski definition) is 0. The molecule has 1 aromatic rings. The van der Waals surface area contributed by atoms with Crippen LogP contribution in [0, 0.1) is 0 Å². The highest BCUT2D eigenvalue weighted by Crippen LogP contribution is 2.25. The predicted molar refractivity (Wildman–Crippen MR) is 53.1 cm³/mol. The molecule has 0 aliphatic carbocycles. The van der Waals surface area contributed by atoms with Gasteiger partial charge in [0, 0.05) is 20.6 Å². The Morgan fingerprint density at radius 2 is 2.31 bits per heavy atom. The number of azide groups is 1. The summed E-state index contributed by atoms with van der Waals surface area (Å²) in [4.78, 5) is 13.4. The Morgan fingerprint density at radius 3 is 2.85 bits per heavy atom. The molecule has 0 bridgehead atoms. The smallest absolute Gasteiger partial charge is 0.252 e. The molecule has 0 saturated carbocycles. The van der Waals surface area contributed by atoms with Gasteiger partial charge >= 0.3 is 0 Å². The lowest BCUT2D eigenvalue weighted by molar-refractivity contribution is 0.108. The molecule has 0 amide bonds. The minimum atomic E-state index is -0.649. The Kier molecular flexibility index (Phi) is 3.31. The molecule has 1 aromatic carbocycles. The summed E-state index contributed by atoms with van der Waals surface area (Å²) >= 11 is 8.44. The van der Waals surface area contributed by atoms with Crippen LogP contribution in [0.15, 0.2) is 27.8 Å². The summed E-state index contributed by atoms with van der Waals surface area (Å²) in [5.74, 6) is 0. The van der Waals surface area contributed by atoms with E-state index >= 15 is 0 Å². The van der Waals surface area contributed by atoms with Crippen molar-refractivity contribution in [1.29, 1.82) is 0 Å². The summed E-state index contributed by atoms with van der Waals surface area (Å²) < 4.78 is 0.702. The molecule has 0 fully saturated rings. The van der Waals surface area contributed by atoms with E-state index < -0.39 is 5.24 Å². The second-order valence-corrected chi connectivity index (χ2v) is 3.38. The van der Waals surface area contributed by atoms with Crippen molar-refractivity contribution in [3.05, 3.63) is 38.7 Å². The molecule has 0 N–H and O–H groups in total. The molecule has 0 atom stereocenters. The second kappa shape index (κ2) is 4.28. The molecule has 4 nitrogen and oxygen atoms in total. The summed E-state index contributed by atoms with van der Waals surface area (Å²) in [5, 5.41) is 2.67. The van der Waals surface area contributed by atoms with Crippen LogP contribution in [0.3, 0.4) is 0 Å². The van der Waals surface area contributed by atoms with Crippen LogP contribution in [0.2, 0.25) is 0 Å². The first-order chi connectivity index (χ1) is 6.15.